The van der Waals surface area contributed by atoms with Gasteiger partial charge in [0.15, 0.2) is 5.78 Å². The van der Waals surface area contributed by atoms with Gasteiger partial charge in [-0.1, -0.05) is 78.8 Å². The number of amides is 2. The van der Waals surface area contributed by atoms with Crippen LogP contribution in [0.5, 0.6) is 0 Å². The topological polar surface area (TPSA) is 96.5 Å². The number of benzene rings is 1. The molecule has 1 aliphatic rings. The van der Waals surface area contributed by atoms with E-state index in [9.17, 15) is 19.2 Å². The third kappa shape index (κ3) is 12.5. The summed E-state index contributed by atoms with van der Waals surface area (Å²) in [5.41, 5.74) is 1.03. The number of methoxy groups -OCH3 is 2. The number of ether oxygens (including phenoxy) is 2. The van der Waals surface area contributed by atoms with E-state index in [2.05, 4.69) is 51.7 Å². The molecule has 52 heavy (non-hydrogen) atoms. The van der Waals surface area contributed by atoms with Gasteiger partial charge in [0, 0.05) is 70.5 Å². The van der Waals surface area contributed by atoms with E-state index in [1.165, 1.54) is 5.56 Å². The molecule has 296 valence electrons. The molecule has 1 fully saturated rings. The van der Waals surface area contributed by atoms with Gasteiger partial charge in [-0.25, -0.2) is 0 Å². The van der Waals surface area contributed by atoms with Crippen LogP contribution in [0.25, 0.3) is 0 Å². The van der Waals surface area contributed by atoms with Crippen molar-refractivity contribution >= 4 is 23.4 Å². The van der Waals surface area contributed by atoms with Crippen molar-refractivity contribution in [1.82, 2.24) is 14.7 Å². The molecule has 0 aliphatic carbocycles. The van der Waals surface area contributed by atoms with E-state index in [4.69, 9.17) is 9.47 Å². The summed E-state index contributed by atoms with van der Waals surface area (Å²) < 4.78 is 11.9. The van der Waals surface area contributed by atoms with Crippen LogP contribution in [0.2, 0.25) is 0 Å². The number of likely N-dealkylation sites (tertiary alicyclic amines) is 1. The number of carbonyl (C=O) groups excluding carboxylic acids is 4. The van der Waals surface area contributed by atoms with Gasteiger partial charge in [0.1, 0.15) is 5.78 Å². The monoisotopic (exact) mass is 728 g/mol. The molecule has 0 radical (unpaired) electrons. The van der Waals surface area contributed by atoms with E-state index >= 15 is 0 Å². The highest BCUT2D eigenvalue weighted by molar-refractivity contribution is 5.90. The van der Waals surface area contributed by atoms with Crippen LogP contribution in [0, 0.1) is 35.5 Å². The average molecular weight is 728 g/mol. The number of hydrogen-bond acceptors (Lipinski definition) is 7. The summed E-state index contributed by atoms with van der Waals surface area (Å²) >= 11 is 0. The highest BCUT2D eigenvalue weighted by Crippen LogP contribution is 2.31. The van der Waals surface area contributed by atoms with Crippen LogP contribution in [0.3, 0.4) is 0 Å². The summed E-state index contributed by atoms with van der Waals surface area (Å²) in [5.74, 6) is -0.484. The highest BCUT2D eigenvalue weighted by Gasteiger charge is 2.41. The molecule has 1 aromatic rings. The Bertz CT molecular complexity index is 1280. The molecule has 0 aromatic heterocycles. The Morgan fingerprint density at radius 2 is 1.46 bits per heavy atom. The predicted octanol–water partition coefficient (Wildman–Crippen LogP) is 6.95. The molecule has 1 heterocycles. The van der Waals surface area contributed by atoms with Gasteiger partial charge in [0.25, 0.3) is 0 Å². The van der Waals surface area contributed by atoms with Gasteiger partial charge in [-0.2, -0.15) is 0 Å². The van der Waals surface area contributed by atoms with Crippen LogP contribution < -0.4 is 0 Å². The van der Waals surface area contributed by atoms with Gasteiger partial charge in [-0.3, -0.25) is 24.1 Å². The van der Waals surface area contributed by atoms with E-state index < -0.39 is 12.0 Å². The van der Waals surface area contributed by atoms with Crippen LogP contribution in [-0.4, -0.2) is 109 Å². The number of rotatable bonds is 21. The molecule has 7 atom stereocenters. The molecular weight excluding hydrogens is 654 g/mol. The lowest BCUT2D eigenvalue weighted by molar-refractivity contribution is -0.147. The normalized spacial score (nSPS) is 18.8. The minimum atomic E-state index is -0.525. The lowest BCUT2D eigenvalue weighted by Crippen LogP contribution is -2.54. The summed E-state index contributed by atoms with van der Waals surface area (Å²) in [6.07, 6.45) is 2.44. The lowest BCUT2D eigenvalue weighted by Gasteiger charge is -2.41. The first-order valence-corrected chi connectivity index (χ1v) is 19.7. The molecule has 0 N–H and O–H groups in total. The van der Waals surface area contributed by atoms with Gasteiger partial charge in [0.05, 0.1) is 30.7 Å². The first-order valence-electron chi connectivity index (χ1n) is 19.7. The fourth-order valence-electron chi connectivity index (χ4n) is 8.19. The summed E-state index contributed by atoms with van der Waals surface area (Å²) in [4.78, 5) is 60.9. The van der Waals surface area contributed by atoms with E-state index in [1.807, 2.05) is 64.8 Å². The molecule has 0 unspecified atom stereocenters. The zero-order valence-corrected chi connectivity index (χ0v) is 35.1. The van der Waals surface area contributed by atoms with E-state index in [-0.39, 0.29) is 89.5 Å². The minimum absolute atomic E-state index is 0.00333. The first-order chi connectivity index (χ1) is 24.3. The zero-order chi connectivity index (χ0) is 39.5. The van der Waals surface area contributed by atoms with Crippen molar-refractivity contribution < 1.29 is 28.7 Å². The second-order valence-electron chi connectivity index (χ2n) is 17.3. The van der Waals surface area contributed by atoms with Crippen LogP contribution >= 0.6 is 0 Å². The first kappa shape index (κ1) is 45.5. The van der Waals surface area contributed by atoms with E-state index in [1.54, 1.807) is 26.2 Å². The Labute approximate surface area is 316 Å². The molecule has 1 aliphatic heterocycles. The van der Waals surface area contributed by atoms with Crippen LogP contribution in [0.1, 0.15) is 107 Å². The fraction of sp³-hybridized carbons (Fsp3) is 0.767. The fourth-order valence-corrected chi connectivity index (χ4v) is 8.19. The van der Waals surface area contributed by atoms with Crippen LogP contribution in [0.15, 0.2) is 30.3 Å². The van der Waals surface area contributed by atoms with Crippen molar-refractivity contribution in [3.8, 4) is 0 Å². The standard InChI is InChI=1S/C43H73N3O6/c1-28(2)34(25-36(48)39(29(3)4)45(12)43(8,9)10)42(50)44(11)40(30(5)6)37(51-13)26-38(49)46-24-23-33(27-46)41(52-14)31(7)35(47)22-18-21-32-19-16-15-17-20-32/h15-17,19-20,28-31,33-34,37,39-41H,18,21-27H2,1-14H3/t31-,33+,34-,37+,39-,40-,41+/m0/s1. The van der Waals surface area contributed by atoms with E-state index in [0.717, 1.165) is 19.3 Å². The number of Topliss-reactive ketones (excluding diaryl/α,β-unsaturated/α-hetero) is 2. The number of hydrogen-bond donors (Lipinski definition) is 0. The smallest absolute Gasteiger partial charge is 0.226 e. The maximum Gasteiger partial charge on any atom is 0.226 e. The number of aryl methyl sites for hydroxylation is 1. The second-order valence-corrected chi connectivity index (χ2v) is 17.3. The van der Waals surface area contributed by atoms with Crippen molar-refractivity contribution in [2.24, 2.45) is 35.5 Å². The van der Waals surface area contributed by atoms with Gasteiger partial charge in [-0.15, -0.1) is 0 Å². The molecule has 0 saturated carbocycles. The Hall–Kier alpha value is -2.62. The highest BCUT2D eigenvalue weighted by atomic mass is 16.5. The van der Waals surface area contributed by atoms with Crippen LogP contribution in [-0.2, 0) is 35.1 Å². The Morgan fingerprint density at radius 3 is 1.96 bits per heavy atom. The largest absolute Gasteiger partial charge is 0.380 e. The lowest BCUT2D eigenvalue weighted by atomic mass is 9.83. The predicted molar refractivity (Wildman–Crippen MR) is 210 cm³/mol. The molecule has 9 nitrogen and oxygen atoms in total. The van der Waals surface area contributed by atoms with Gasteiger partial charge in [-0.05, 0) is 70.4 Å². The van der Waals surface area contributed by atoms with Gasteiger partial charge in [0.2, 0.25) is 11.8 Å². The Kier molecular flexibility index (Phi) is 18.2. The number of likely N-dealkylation sites (N-methyl/N-ethyl adjacent to an activating group) is 2. The Balaban J connectivity index is 2.11. The molecule has 0 spiro atoms. The van der Waals surface area contributed by atoms with Crippen molar-refractivity contribution in [2.75, 3.05) is 41.4 Å². The van der Waals surface area contributed by atoms with Crippen molar-refractivity contribution in [3.05, 3.63) is 35.9 Å². The molecule has 0 bridgehead atoms. The van der Waals surface area contributed by atoms with Gasteiger partial charge < -0.3 is 19.3 Å². The van der Waals surface area contributed by atoms with Crippen LogP contribution in [0.4, 0.5) is 0 Å². The van der Waals surface area contributed by atoms with Crippen molar-refractivity contribution in [3.63, 3.8) is 0 Å². The maximum absolute atomic E-state index is 14.3. The number of ketones is 2. The third-order valence-electron chi connectivity index (χ3n) is 11.6. The van der Waals surface area contributed by atoms with Gasteiger partial charge >= 0.3 is 0 Å². The number of carbonyl (C=O) groups is 4. The summed E-state index contributed by atoms with van der Waals surface area (Å²) in [6.45, 7) is 21.6. The second kappa shape index (κ2) is 20.7. The van der Waals surface area contributed by atoms with E-state index in [0.29, 0.717) is 19.5 Å². The Morgan fingerprint density at radius 1 is 0.846 bits per heavy atom. The maximum atomic E-state index is 14.3. The molecule has 2 rings (SSSR count). The van der Waals surface area contributed by atoms with Crippen molar-refractivity contribution in [1.29, 1.82) is 0 Å². The van der Waals surface area contributed by atoms with Crippen molar-refractivity contribution in [2.45, 2.75) is 138 Å². The summed E-state index contributed by atoms with van der Waals surface area (Å²) in [5, 5.41) is 0. The quantitative estimate of drug-likeness (QED) is 0.135. The molecule has 1 saturated heterocycles. The third-order valence-corrected chi connectivity index (χ3v) is 11.6. The minimum Gasteiger partial charge on any atom is -0.380 e. The zero-order valence-electron chi connectivity index (χ0n) is 35.1. The average Bonchev–Trinajstić information content (AvgIpc) is 3.56. The molecule has 9 heteroatoms. The summed E-state index contributed by atoms with van der Waals surface area (Å²) in [7, 11) is 7.04. The molecular formula is C43H73N3O6. The number of nitrogens with zero attached hydrogens (tertiary/aromatic N) is 3. The molecule has 2 amide bonds. The SMILES string of the molecule is CO[C@@H]([C@@H]1CCN(C(=O)C[C@@H](OC)[C@H](C(C)C)N(C)C(=O)[C@@H](CC(=O)[C@H](C(C)C)N(C)C(C)(C)C)C(C)C)C1)[C@@H](C)C(=O)CCCc1ccccc1. The summed E-state index contributed by atoms with van der Waals surface area (Å²) in [6, 6.07) is 9.55. The molecule has 1 aromatic carbocycles.